The third kappa shape index (κ3) is 3.11. The molecule has 0 saturated heterocycles. The largest absolute Gasteiger partial charge is 0.329 e. The van der Waals surface area contributed by atoms with E-state index in [0.717, 1.165) is 0 Å². The minimum atomic E-state index is -0.00801. The number of halogens is 2. The lowest BCUT2D eigenvalue weighted by Crippen LogP contribution is -2.25. The van der Waals surface area contributed by atoms with E-state index >= 15 is 0 Å². The number of aromatic nitrogens is 1. The van der Waals surface area contributed by atoms with Crippen LogP contribution in [0.5, 0.6) is 0 Å². The molecule has 0 spiro atoms. The van der Waals surface area contributed by atoms with E-state index in [1.165, 1.54) is 11.0 Å². The molecular weight excluding hydrogens is 263 g/mol. The molecule has 0 aliphatic heterocycles. The molecule has 0 fully saturated rings. The molecule has 1 heterocycles. The SMILES string of the molecule is N#CCN(CC#N)c1nc(NN)c(Cl)cc1Cl. The smallest absolute Gasteiger partial charge is 0.161 e. The van der Waals surface area contributed by atoms with E-state index in [-0.39, 0.29) is 34.8 Å². The highest BCUT2D eigenvalue weighted by molar-refractivity contribution is 6.37. The van der Waals surface area contributed by atoms with Crippen LogP contribution in [-0.4, -0.2) is 18.1 Å². The molecule has 1 aromatic rings. The van der Waals surface area contributed by atoms with E-state index in [2.05, 4.69) is 10.4 Å². The number of nitriles is 2. The molecule has 88 valence electrons. The normalized spacial score (nSPS) is 9.24. The number of nitrogens with two attached hydrogens (primary N) is 1. The fraction of sp³-hybridized carbons (Fsp3) is 0.222. The number of hydrazine groups is 1. The first kappa shape index (κ1) is 13.3. The molecule has 6 nitrogen and oxygen atoms in total. The molecule has 1 aromatic heterocycles. The molecule has 0 unspecified atom stereocenters. The van der Waals surface area contributed by atoms with Gasteiger partial charge in [0.25, 0.3) is 0 Å². The summed E-state index contributed by atoms with van der Waals surface area (Å²) in [4.78, 5) is 5.47. The molecule has 0 aliphatic rings. The summed E-state index contributed by atoms with van der Waals surface area (Å²) < 4.78 is 0. The zero-order chi connectivity index (χ0) is 12.8. The van der Waals surface area contributed by atoms with Gasteiger partial charge >= 0.3 is 0 Å². The highest BCUT2D eigenvalue weighted by atomic mass is 35.5. The molecule has 8 heteroatoms. The summed E-state index contributed by atoms with van der Waals surface area (Å²) in [6, 6.07) is 5.29. The van der Waals surface area contributed by atoms with Crippen LogP contribution in [0, 0.1) is 22.7 Å². The Hall–Kier alpha value is -1.73. The van der Waals surface area contributed by atoms with Crippen molar-refractivity contribution < 1.29 is 0 Å². The van der Waals surface area contributed by atoms with Crippen molar-refractivity contribution in [2.75, 3.05) is 23.4 Å². The van der Waals surface area contributed by atoms with Crippen molar-refractivity contribution in [3.05, 3.63) is 16.1 Å². The van der Waals surface area contributed by atoms with Crippen molar-refractivity contribution in [2.45, 2.75) is 0 Å². The zero-order valence-corrected chi connectivity index (χ0v) is 10.1. The van der Waals surface area contributed by atoms with Crippen molar-refractivity contribution >= 4 is 34.8 Å². The number of rotatable bonds is 4. The minimum Gasteiger partial charge on any atom is -0.329 e. The van der Waals surface area contributed by atoms with Gasteiger partial charge in [0, 0.05) is 0 Å². The van der Waals surface area contributed by atoms with Crippen LogP contribution in [0.2, 0.25) is 10.0 Å². The zero-order valence-electron chi connectivity index (χ0n) is 8.61. The quantitative estimate of drug-likeness (QED) is 0.489. The predicted octanol–water partition coefficient (Wildman–Crippen LogP) is 1.53. The Bertz CT molecular complexity index is 473. The van der Waals surface area contributed by atoms with E-state index in [4.69, 9.17) is 39.6 Å². The van der Waals surface area contributed by atoms with Gasteiger partial charge in [-0.15, -0.1) is 0 Å². The van der Waals surface area contributed by atoms with Gasteiger partial charge in [-0.05, 0) is 6.07 Å². The molecule has 0 saturated carbocycles. The molecule has 0 radical (unpaired) electrons. The maximum absolute atomic E-state index is 8.66. The van der Waals surface area contributed by atoms with Crippen molar-refractivity contribution in [2.24, 2.45) is 5.84 Å². The van der Waals surface area contributed by atoms with Crippen LogP contribution >= 0.6 is 23.2 Å². The van der Waals surface area contributed by atoms with Gasteiger partial charge in [-0.25, -0.2) is 10.8 Å². The maximum Gasteiger partial charge on any atom is 0.161 e. The number of nitrogen functional groups attached to an aromatic ring is 1. The van der Waals surface area contributed by atoms with Crippen LogP contribution in [-0.2, 0) is 0 Å². The van der Waals surface area contributed by atoms with Crippen molar-refractivity contribution in [3.8, 4) is 12.1 Å². The predicted molar refractivity (Wildman–Crippen MR) is 65.5 cm³/mol. The number of nitrogens with zero attached hydrogens (tertiary/aromatic N) is 4. The van der Waals surface area contributed by atoms with E-state index in [1.54, 1.807) is 0 Å². The van der Waals surface area contributed by atoms with Gasteiger partial charge in [0.15, 0.2) is 11.6 Å². The third-order valence-electron chi connectivity index (χ3n) is 1.87. The molecular formula is C9H8Cl2N6. The first-order valence-corrected chi connectivity index (χ1v) is 5.21. The molecule has 0 aliphatic carbocycles. The highest BCUT2D eigenvalue weighted by Crippen LogP contribution is 2.30. The molecule has 0 amide bonds. The van der Waals surface area contributed by atoms with E-state index in [9.17, 15) is 0 Å². The average Bonchev–Trinajstić information content (AvgIpc) is 2.29. The first-order chi connectivity index (χ1) is 8.13. The summed E-state index contributed by atoms with van der Waals surface area (Å²) in [6.07, 6.45) is 0. The lowest BCUT2D eigenvalue weighted by Gasteiger charge is -2.19. The summed E-state index contributed by atoms with van der Waals surface area (Å²) in [6.45, 7) is -0.0160. The van der Waals surface area contributed by atoms with Crippen molar-refractivity contribution in [1.82, 2.24) is 4.98 Å². The monoisotopic (exact) mass is 270 g/mol. The van der Waals surface area contributed by atoms with Crippen molar-refractivity contribution in [3.63, 3.8) is 0 Å². The molecule has 17 heavy (non-hydrogen) atoms. The topological polar surface area (TPSA) is 102 Å². The van der Waals surface area contributed by atoms with E-state index < -0.39 is 0 Å². The Balaban J connectivity index is 3.19. The summed E-state index contributed by atoms with van der Waals surface area (Å²) >= 11 is 11.8. The molecule has 1 rings (SSSR count). The number of pyridine rings is 1. The lowest BCUT2D eigenvalue weighted by molar-refractivity contribution is 0.935. The first-order valence-electron chi connectivity index (χ1n) is 4.45. The van der Waals surface area contributed by atoms with Crippen LogP contribution in [0.1, 0.15) is 0 Å². The van der Waals surface area contributed by atoms with Crippen LogP contribution in [0.15, 0.2) is 6.07 Å². The van der Waals surface area contributed by atoms with E-state index in [1.807, 2.05) is 12.1 Å². The van der Waals surface area contributed by atoms with Gasteiger partial charge in [0.2, 0.25) is 0 Å². The van der Waals surface area contributed by atoms with Gasteiger partial charge in [-0.2, -0.15) is 10.5 Å². The minimum absolute atomic E-state index is 0.00801. The second kappa shape index (κ2) is 6.12. The summed E-state index contributed by atoms with van der Waals surface area (Å²) in [7, 11) is 0. The van der Waals surface area contributed by atoms with Gasteiger partial charge in [-0.1, -0.05) is 23.2 Å². The van der Waals surface area contributed by atoms with E-state index in [0.29, 0.717) is 0 Å². The Morgan fingerprint density at radius 1 is 1.29 bits per heavy atom. The van der Waals surface area contributed by atoms with Gasteiger partial charge in [-0.3, -0.25) is 0 Å². The second-order valence-corrected chi connectivity index (χ2v) is 3.76. The summed E-state index contributed by atoms with van der Waals surface area (Å²) in [5, 5.41) is 17.8. The molecule has 0 bridgehead atoms. The molecule has 3 N–H and O–H groups in total. The summed E-state index contributed by atoms with van der Waals surface area (Å²) in [5.41, 5.74) is 2.31. The second-order valence-electron chi connectivity index (χ2n) is 2.94. The van der Waals surface area contributed by atoms with Crippen LogP contribution in [0.4, 0.5) is 11.6 Å². The maximum atomic E-state index is 8.66. The molecule has 0 aromatic carbocycles. The average molecular weight is 271 g/mol. The number of anilines is 2. The van der Waals surface area contributed by atoms with Crippen LogP contribution < -0.4 is 16.2 Å². The Morgan fingerprint density at radius 2 is 1.88 bits per heavy atom. The Labute approximate surface area is 108 Å². The summed E-state index contributed by atoms with van der Waals surface area (Å²) in [5.74, 6) is 5.74. The fourth-order valence-corrected chi connectivity index (χ4v) is 1.69. The third-order valence-corrected chi connectivity index (χ3v) is 2.44. The van der Waals surface area contributed by atoms with Crippen LogP contribution in [0.3, 0.4) is 0 Å². The number of nitrogens with one attached hydrogen (secondary N) is 1. The van der Waals surface area contributed by atoms with Gasteiger partial charge in [0.05, 0.1) is 22.2 Å². The Morgan fingerprint density at radius 3 is 2.35 bits per heavy atom. The standard InChI is InChI=1S/C9H8Cl2N6/c10-6-5-7(11)9(15-8(6)16-14)17(3-1-12)4-2-13/h5H,3-4,14H2,(H,15,16). The van der Waals surface area contributed by atoms with Gasteiger partial charge < -0.3 is 10.3 Å². The lowest BCUT2D eigenvalue weighted by atomic mass is 10.4. The van der Waals surface area contributed by atoms with Gasteiger partial charge in [0.1, 0.15) is 13.1 Å². The Kier molecular flexibility index (Phi) is 4.80. The van der Waals surface area contributed by atoms with Crippen molar-refractivity contribution in [1.29, 1.82) is 10.5 Å². The highest BCUT2D eigenvalue weighted by Gasteiger charge is 2.14. The number of hydrogen-bond acceptors (Lipinski definition) is 6. The molecule has 0 atom stereocenters. The van der Waals surface area contributed by atoms with Crippen LogP contribution in [0.25, 0.3) is 0 Å². The fourth-order valence-electron chi connectivity index (χ4n) is 1.16. The number of hydrogen-bond donors (Lipinski definition) is 2.